The van der Waals surface area contributed by atoms with Crippen LogP contribution in [0.2, 0.25) is 0 Å². The van der Waals surface area contributed by atoms with Gasteiger partial charge in [-0.15, -0.1) is 0 Å². The van der Waals surface area contributed by atoms with Crippen LogP contribution in [-0.2, 0) is 0 Å². The quantitative estimate of drug-likeness (QED) is 0.202. The number of aromatic nitrogens is 2. The standard InChI is InChI=1S/C39H21N5/c1-42-33-12-8-16-38(44-35-14-6-2-9-29(35)30-10-3-7-15-36(30)44)39(33)27-19-26(24-41)20-28(22-27)43-34-13-5-4-11-31(34)32-21-25(23-40)17-18-37(32)43/h2-22H. The molecule has 0 aliphatic heterocycles. The lowest BCUT2D eigenvalue weighted by Gasteiger charge is -2.17. The Bertz CT molecular complexity index is 2540. The molecular weight excluding hydrogens is 538 g/mol. The topological polar surface area (TPSA) is 61.8 Å². The van der Waals surface area contributed by atoms with E-state index < -0.39 is 0 Å². The number of benzene rings is 6. The summed E-state index contributed by atoms with van der Waals surface area (Å²) in [5.41, 5.74) is 8.81. The maximum Gasteiger partial charge on any atom is 0.196 e. The van der Waals surface area contributed by atoms with E-state index in [1.54, 1.807) is 0 Å². The van der Waals surface area contributed by atoms with E-state index in [0.717, 1.165) is 66.1 Å². The van der Waals surface area contributed by atoms with Gasteiger partial charge in [0.2, 0.25) is 0 Å². The van der Waals surface area contributed by atoms with Crippen molar-refractivity contribution in [3.05, 3.63) is 150 Å². The first-order valence-electron chi connectivity index (χ1n) is 14.2. The smallest absolute Gasteiger partial charge is 0.196 e. The largest absolute Gasteiger partial charge is 0.310 e. The lowest BCUT2D eigenvalue weighted by molar-refractivity contribution is 1.17. The Balaban J connectivity index is 1.46. The molecule has 0 unspecified atom stereocenters. The molecule has 2 heterocycles. The summed E-state index contributed by atoms with van der Waals surface area (Å²) in [7, 11) is 0. The van der Waals surface area contributed by atoms with Crippen molar-refractivity contribution < 1.29 is 0 Å². The third kappa shape index (κ3) is 3.63. The summed E-state index contributed by atoms with van der Waals surface area (Å²) < 4.78 is 4.36. The average Bonchev–Trinajstić information content (AvgIpc) is 3.60. The molecule has 0 fully saturated rings. The molecule has 0 atom stereocenters. The van der Waals surface area contributed by atoms with Gasteiger partial charge in [0.15, 0.2) is 5.69 Å². The fraction of sp³-hybridized carbons (Fsp3) is 0. The molecule has 0 aliphatic rings. The van der Waals surface area contributed by atoms with Crippen molar-refractivity contribution >= 4 is 49.3 Å². The Morgan fingerprint density at radius 2 is 1.11 bits per heavy atom. The molecule has 0 bridgehead atoms. The van der Waals surface area contributed by atoms with Crippen molar-refractivity contribution in [3.63, 3.8) is 0 Å². The molecule has 0 amide bonds. The molecule has 0 aliphatic carbocycles. The number of rotatable bonds is 3. The first-order chi connectivity index (χ1) is 21.7. The molecule has 0 spiro atoms. The van der Waals surface area contributed by atoms with Crippen LogP contribution in [0.3, 0.4) is 0 Å². The van der Waals surface area contributed by atoms with Gasteiger partial charge in [-0.05, 0) is 66.2 Å². The van der Waals surface area contributed by atoms with Crippen LogP contribution in [0.5, 0.6) is 0 Å². The lowest BCUT2D eigenvalue weighted by Crippen LogP contribution is -2.00. The van der Waals surface area contributed by atoms with Gasteiger partial charge in [0.05, 0.1) is 51.9 Å². The van der Waals surface area contributed by atoms with Gasteiger partial charge in [0.1, 0.15) is 0 Å². The molecule has 0 N–H and O–H groups in total. The van der Waals surface area contributed by atoms with Crippen LogP contribution in [0.4, 0.5) is 5.69 Å². The molecule has 5 heteroatoms. The molecular formula is C39H21N5. The van der Waals surface area contributed by atoms with Crippen LogP contribution in [0.15, 0.2) is 127 Å². The fourth-order valence-electron chi connectivity index (χ4n) is 6.56. The van der Waals surface area contributed by atoms with Gasteiger partial charge in [-0.3, -0.25) is 0 Å². The van der Waals surface area contributed by atoms with E-state index >= 15 is 0 Å². The third-order valence-corrected chi connectivity index (χ3v) is 8.36. The maximum absolute atomic E-state index is 10.2. The Hall–Kier alpha value is -6.61. The average molecular weight is 560 g/mol. The van der Waals surface area contributed by atoms with Crippen molar-refractivity contribution in [1.82, 2.24) is 9.13 Å². The number of hydrogen-bond acceptors (Lipinski definition) is 2. The summed E-state index contributed by atoms with van der Waals surface area (Å²) in [6, 6.07) is 46.6. The number of hydrogen-bond donors (Lipinski definition) is 0. The molecule has 5 nitrogen and oxygen atoms in total. The minimum absolute atomic E-state index is 0.491. The van der Waals surface area contributed by atoms with E-state index in [-0.39, 0.29) is 0 Å². The zero-order valence-electron chi connectivity index (χ0n) is 23.4. The zero-order chi connectivity index (χ0) is 29.8. The Labute approximate surface area is 253 Å². The highest BCUT2D eigenvalue weighted by molar-refractivity contribution is 6.11. The Morgan fingerprint density at radius 1 is 0.523 bits per heavy atom. The number of fused-ring (bicyclic) bond motifs is 6. The van der Waals surface area contributed by atoms with E-state index in [2.05, 4.69) is 68.6 Å². The summed E-state index contributed by atoms with van der Waals surface area (Å²) in [6.45, 7) is 8.15. The summed E-state index contributed by atoms with van der Waals surface area (Å²) >= 11 is 0. The van der Waals surface area contributed by atoms with Crippen LogP contribution >= 0.6 is 0 Å². The molecule has 0 radical (unpaired) electrons. The lowest BCUT2D eigenvalue weighted by atomic mass is 9.98. The minimum atomic E-state index is 0.491. The van der Waals surface area contributed by atoms with Gasteiger partial charge < -0.3 is 9.13 Å². The molecule has 44 heavy (non-hydrogen) atoms. The summed E-state index contributed by atoms with van der Waals surface area (Å²) in [4.78, 5) is 3.96. The third-order valence-electron chi connectivity index (χ3n) is 8.36. The fourth-order valence-corrected chi connectivity index (χ4v) is 6.56. The van der Waals surface area contributed by atoms with Gasteiger partial charge in [0.25, 0.3) is 0 Å². The van der Waals surface area contributed by atoms with E-state index in [1.807, 2.05) is 84.9 Å². The van der Waals surface area contributed by atoms with Crippen molar-refractivity contribution in [3.8, 4) is 34.6 Å². The van der Waals surface area contributed by atoms with Crippen LogP contribution in [-0.4, -0.2) is 9.13 Å². The first kappa shape index (κ1) is 25.1. The van der Waals surface area contributed by atoms with Gasteiger partial charge in [0, 0.05) is 38.5 Å². The van der Waals surface area contributed by atoms with E-state index in [9.17, 15) is 10.5 Å². The second-order valence-electron chi connectivity index (χ2n) is 10.7. The van der Waals surface area contributed by atoms with Crippen LogP contribution in [0.25, 0.3) is 71.0 Å². The zero-order valence-corrected chi connectivity index (χ0v) is 23.4. The SMILES string of the molecule is [C-]#[N+]c1cccc(-n2c3ccccc3c3ccccc32)c1-c1cc(C#N)cc(-n2c3ccccc3c3cc(C#N)ccc32)c1. The van der Waals surface area contributed by atoms with E-state index in [0.29, 0.717) is 16.8 Å². The minimum Gasteiger partial charge on any atom is -0.310 e. The van der Waals surface area contributed by atoms with Gasteiger partial charge in [-0.1, -0.05) is 66.7 Å². The molecule has 2 aromatic heterocycles. The van der Waals surface area contributed by atoms with Crippen molar-refractivity contribution in [1.29, 1.82) is 10.5 Å². The highest BCUT2D eigenvalue weighted by Gasteiger charge is 2.20. The van der Waals surface area contributed by atoms with Gasteiger partial charge in [-0.25, -0.2) is 4.85 Å². The molecule has 8 rings (SSSR count). The molecule has 0 saturated heterocycles. The van der Waals surface area contributed by atoms with Gasteiger partial charge >= 0.3 is 0 Å². The molecule has 0 saturated carbocycles. The van der Waals surface area contributed by atoms with Crippen molar-refractivity contribution in [2.24, 2.45) is 0 Å². The van der Waals surface area contributed by atoms with Crippen molar-refractivity contribution in [2.75, 3.05) is 0 Å². The van der Waals surface area contributed by atoms with Crippen LogP contribution in [0.1, 0.15) is 11.1 Å². The Morgan fingerprint density at radius 3 is 1.75 bits per heavy atom. The van der Waals surface area contributed by atoms with E-state index in [4.69, 9.17) is 6.57 Å². The van der Waals surface area contributed by atoms with Gasteiger partial charge in [-0.2, -0.15) is 10.5 Å². The van der Waals surface area contributed by atoms with Crippen molar-refractivity contribution in [2.45, 2.75) is 0 Å². The van der Waals surface area contributed by atoms with E-state index in [1.165, 1.54) is 0 Å². The number of para-hydroxylation sites is 3. The molecule has 6 aromatic carbocycles. The monoisotopic (exact) mass is 559 g/mol. The maximum atomic E-state index is 10.2. The molecule has 8 aromatic rings. The second-order valence-corrected chi connectivity index (χ2v) is 10.7. The summed E-state index contributed by atoms with van der Waals surface area (Å²) in [5.74, 6) is 0. The first-order valence-corrected chi connectivity index (χ1v) is 14.2. The number of nitriles is 2. The highest BCUT2D eigenvalue weighted by Crippen LogP contribution is 2.42. The normalized spacial score (nSPS) is 11.1. The Kier molecular flexibility index (Phi) is 5.56. The predicted octanol–water partition coefficient (Wildman–Crippen LogP) is 9.84. The number of nitrogens with zero attached hydrogens (tertiary/aromatic N) is 5. The van der Waals surface area contributed by atoms with Crippen LogP contribution < -0.4 is 0 Å². The summed E-state index contributed by atoms with van der Waals surface area (Å²) in [6.07, 6.45) is 0. The molecule has 202 valence electrons. The van der Waals surface area contributed by atoms with Crippen LogP contribution in [0, 0.1) is 29.2 Å². The highest BCUT2D eigenvalue weighted by atomic mass is 15.0. The predicted molar refractivity (Wildman–Crippen MR) is 176 cm³/mol. The second kappa shape index (κ2) is 9.74. The summed E-state index contributed by atoms with van der Waals surface area (Å²) in [5, 5.41) is 24.1.